The Bertz CT molecular complexity index is 1480. The number of carbonyl (C=O) groups excluding carboxylic acids is 1. The van der Waals surface area contributed by atoms with Crippen LogP contribution in [0, 0.1) is 0 Å². The number of rotatable bonds is 4. The van der Waals surface area contributed by atoms with E-state index in [2.05, 4.69) is 44.3 Å². The second kappa shape index (κ2) is 10.0. The fourth-order valence-corrected chi connectivity index (χ4v) is 6.15. The zero-order chi connectivity index (χ0) is 29.2. The monoisotopic (exact) mass is 517 g/mol. The lowest BCUT2D eigenvalue weighted by atomic mass is 9.57. The SMILES string of the molecule is Bc1c(B)c(B)c(C(c2c(B)c(O)c(B)c(B)c2O)[C@H]2CN(C(C)C)C(=O)c3c(O)c(=O)cnn32)c(B)c1B. The smallest absolute Gasteiger partial charge is 0.276 e. The molecule has 3 aromatic rings. The number of amides is 1. The molecule has 1 aliphatic heterocycles. The van der Waals surface area contributed by atoms with Gasteiger partial charge in [-0.05, 0) is 19.3 Å². The van der Waals surface area contributed by atoms with Crippen LogP contribution in [0.5, 0.6) is 17.2 Å². The fraction of sp³-hybridized carbons (Fsp3) is 0.261. The summed E-state index contributed by atoms with van der Waals surface area (Å²) < 4.78 is 1.44. The van der Waals surface area contributed by atoms with E-state index in [4.69, 9.17) is 0 Å². The van der Waals surface area contributed by atoms with Crippen molar-refractivity contribution >= 4 is 112 Å². The number of nitrogens with zero attached hydrogens (tertiary/aromatic N) is 3. The molecule has 0 aliphatic carbocycles. The molecule has 16 heteroatoms. The van der Waals surface area contributed by atoms with E-state index >= 15 is 0 Å². The summed E-state index contributed by atoms with van der Waals surface area (Å²) in [5.41, 5.74) is 7.80. The van der Waals surface area contributed by atoms with Crippen LogP contribution in [0.4, 0.5) is 0 Å². The highest BCUT2D eigenvalue weighted by Crippen LogP contribution is 2.40. The molecule has 1 amide bonds. The first-order valence-electron chi connectivity index (χ1n) is 13.3. The van der Waals surface area contributed by atoms with Crippen LogP contribution in [0.25, 0.3) is 0 Å². The van der Waals surface area contributed by atoms with Crippen LogP contribution < -0.4 is 49.1 Å². The van der Waals surface area contributed by atoms with E-state index < -0.39 is 29.0 Å². The van der Waals surface area contributed by atoms with Crippen molar-refractivity contribution in [2.24, 2.45) is 0 Å². The van der Waals surface area contributed by atoms with Crippen molar-refractivity contribution in [3.63, 3.8) is 0 Å². The van der Waals surface area contributed by atoms with Crippen LogP contribution in [-0.2, 0) is 0 Å². The molecule has 1 aliphatic rings. The normalized spacial score (nSPS) is 15.9. The highest BCUT2D eigenvalue weighted by Gasteiger charge is 2.43. The second-order valence-corrected chi connectivity index (χ2v) is 11.3. The zero-order valence-electron chi connectivity index (χ0n) is 24.5. The first kappa shape index (κ1) is 28.7. The molecule has 0 saturated carbocycles. The summed E-state index contributed by atoms with van der Waals surface area (Å²) in [7, 11) is 15.7. The van der Waals surface area contributed by atoms with Crippen molar-refractivity contribution in [3.05, 3.63) is 33.2 Å². The molecule has 4 rings (SSSR count). The summed E-state index contributed by atoms with van der Waals surface area (Å²) in [6, 6.07) is -0.827. The summed E-state index contributed by atoms with van der Waals surface area (Å²) in [5.74, 6) is -1.52. The van der Waals surface area contributed by atoms with Gasteiger partial charge < -0.3 is 20.2 Å². The summed E-state index contributed by atoms with van der Waals surface area (Å²) in [5, 5.41) is 38.0. The molecule has 3 N–H and O–H groups in total. The average molecular weight is 516 g/mol. The first-order chi connectivity index (χ1) is 18.1. The van der Waals surface area contributed by atoms with Crippen LogP contribution in [0.1, 0.15) is 47.4 Å². The number of aromatic hydroxyl groups is 3. The van der Waals surface area contributed by atoms with Gasteiger partial charge in [-0.25, -0.2) is 0 Å². The van der Waals surface area contributed by atoms with Crippen LogP contribution in [-0.4, -0.2) is 111 Å². The molecule has 2 heterocycles. The standard InChI is InChI=1S/C23H31B8N3O5/c1-5(2)33-4-6(34-19(23(33)39)20(36)7(35)3-32-34)8(9-11(24)14(27)16(29)15(28)12(9)25)10-13(26)22(38)18(31)17(30)21(10)37/h3,5-6,8,36-38H,4,24-31H2,1-2H3/t6-,8?/m1/s1. The Morgan fingerprint density at radius 3 is 1.79 bits per heavy atom. The van der Waals surface area contributed by atoms with E-state index in [0.717, 1.165) is 33.6 Å². The molecule has 0 fully saturated rings. The van der Waals surface area contributed by atoms with E-state index in [1.165, 1.54) is 10.1 Å². The summed E-state index contributed by atoms with van der Waals surface area (Å²) >= 11 is 0. The van der Waals surface area contributed by atoms with Gasteiger partial charge in [-0.15, -0.1) is 16.4 Å². The summed E-state index contributed by atoms with van der Waals surface area (Å²) in [6.45, 7) is 3.99. The minimum Gasteiger partial charge on any atom is -0.509 e. The molecule has 0 spiro atoms. The molecule has 0 radical (unpaired) electrons. The molecular formula is C23H31B8N3O5. The maximum atomic E-state index is 13.5. The zero-order valence-corrected chi connectivity index (χ0v) is 24.5. The van der Waals surface area contributed by atoms with E-state index in [1.807, 2.05) is 13.8 Å². The van der Waals surface area contributed by atoms with E-state index in [1.54, 1.807) is 28.4 Å². The third-order valence-electron chi connectivity index (χ3n) is 9.12. The van der Waals surface area contributed by atoms with Gasteiger partial charge in [0.2, 0.25) is 5.43 Å². The second-order valence-electron chi connectivity index (χ2n) is 11.3. The number of aromatic nitrogens is 2. The van der Waals surface area contributed by atoms with Crippen LogP contribution in [0.15, 0.2) is 11.0 Å². The maximum Gasteiger partial charge on any atom is 0.276 e. The van der Waals surface area contributed by atoms with Gasteiger partial charge in [0.05, 0.1) is 12.2 Å². The number of carbonyl (C=O) groups is 1. The van der Waals surface area contributed by atoms with Crippen molar-refractivity contribution in [1.82, 2.24) is 14.7 Å². The van der Waals surface area contributed by atoms with E-state index in [0.29, 0.717) is 22.0 Å². The molecule has 2 atom stereocenters. The lowest BCUT2D eigenvalue weighted by Crippen LogP contribution is -2.58. The van der Waals surface area contributed by atoms with Gasteiger partial charge in [-0.1, -0.05) is 27.4 Å². The molecule has 1 unspecified atom stereocenters. The molecule has 2 aromatic carbocycles. The predicted octanol–water partition coefficient (Wildman–Crippen LogP) is -11.3. The van der Waals surface area contributed by atoms with Crippen molar-refractivity contribution in [3.8, 4) is 17.2 Å². The Morgan fingerprint density at radius 2 is 1.26 bits per heavy atom. The van der Waals surface area contributed by atoms with Gasteiger partial charge in [-0.2, -0.15) is 5.10 Å². The van der Waals surface area contributed by atoms with Crippen LogP contribution in [0.3, 0.4) is 0 Å². The predicted molar refractivity (Wildman–Crippen MR) is 179 cm³/mol. The van der Waals surface area contributed by atoms with Crippen molar-refractivity contribution in [1.29, 1.82) is 0 Å². The minimum absolute atomic E-state index is 0.0716. The number of phenolic OH excluding ortho intramolecular Hbond substituents is 2. The Balaban J connectivity index is 2.22. The van der Waals surface area contributed by atoms with Crippen LogP contribution >= 0.6 is 0 Å². The Hall–Kier alpha value is -3.29. The van der Waals surface area contributed by atoms with Crippen molar-refractivity contribution < 1.29 is 20.1 Å². The average Bonchev–Trinajstić information content (AvgIpc) is 2.89. The molecule has 8 nitrogen and oxygen atoms in total. The summed E-state index contributed by atoms with van der Waals surface area (Å²) in [4.78, 5) is 27.6. The number of hydrogen-bond acceptors (Lipinski definition) is 6. The van der Waals surface area contributed by atoms with Gasteiger partial charge in [0.1, 0.15) is 74.3 Å². The summed E-state index contributed by atoms with van der Waals surface area (Å²) in [6.07, 6.45) is 1.02. The third-order valence-corrected chi connectivity index (χ3v) is 9.12. The Morgan fingerprint density at radius 1 is 0.744 bits per heavy atom. The molecular weight excluding hydrogens is 485 g/mol. The minimum atomic E-state index is -0.729. The molecule has 192 valence electrons. The van der Waals surface area contributed by atoms with Gasteiger partial charge in [0, 0.05) is 24.1 Å². The molecule has 0 bridgehead atoms. The van der Waals surface area contributed by atoms with Gasteiger partial charge in [-0.3, -0.25) is 14.3 Å². The number of benzene rings is 2. The Labute approximate surface area is 235 Å². The third kappa shape index (κ3) is 4.23. The van der Waals surface area contributed by atoms with Crippen molar-refractivity contribution in [2.45, 2.75) is 31.8 Å². The highest BCUT2D eigenvalue weighted by atomic mass is 16.3. The lowest BCUT2D eigenvalue weighted by Gasteiger charge is -2.42. The van der Waals surface area contributed by atoms with E-state index in [-0.39, 0.29) is 29.8 Å². The first-order valence-corrected chi connectivity index (χ1v) is 13.3. The van der Waals surface area contributed by atoms with E-state index in [9.17, 15) is 24.9 Å². The van der Waals surface area contributed by atoms with Gasteiger partial charge in [0.25, 0.3) is 5.91 Å². The van der Waals surface area contributed by atoms with Crippen molar-refractivity contribution in [2.75, 3.05) is 6.54 Å². The maximum absolute atomic E-state index is 13.5. The largest absolute Gasteiger partial charge is 0.509 e. The number of hydrogen-bond donors (Lipinski definition) is 3. The fourth-order valence-electron chi connectivity index (χ4n) is 6.15. The van der Waals surface area contributed by atoms with Gasteiger partial charge >= 0.3 is 0 Å². The molecule has 0 saturated heterocycles. The van der Waals surface area contributed by atoms with Crippen LogP contribution in [0.2, 0.25) is 0 Å². The number of fused-ring (bicyclic) bond motifs is 1. The topological polar surface area (TPSA) is 116 Å². The Kier molecular flexibility index (Phi) is 7.38. The molecule has 39 heavy (non-hydrogen) atoms. The van der Waals surface area contributed by atoms with Gasteiger partial charge in [0.15, 0.2) is 11.4 Å². The highest BCUT2D eigenvalue weighted by molar-refractivity contribution is 6.67. The lowest BCUT2D eigenvalue weighted by molar-refractivity contribution is 0.0570. The quantitative estimate of drug-likeness (QED) is 0.235. The number of phenols is 2. The molecule has 1 aromatic heterocycles.